The first kappa shape index (κ1) is 15.4. The fraction of sp³-hybridized carbons (Fsp3) is 0.643. The topological polar surface area (TPSA) is 71.7 Å². The van der Waals surface area contributed by atoms with E-state index < -0.39 is 5.97 Å². The lowest BCUT2D eigenvalue weighted by Gasteiger charge is -2.06. The Kier molecular flexibility index (Phi) is 6.85. The molecule has 0 aliphatic heterocycles. The van der Waals surface area contributed by atoms with Crippen LogP contribution in [0.1, 0.15) is 58.3 Å². The van der Waals surface area contributed by atoms with Crippen LogP contribution in [0, 0.1) is 0 Å². The maximum Gasteiger partial charge on any atom is 0.333 e. The monoisotopic (exact) mass is 269 g/mol. The third-order valence-corrected chi connectivity index (χ3v) is 2.98. The number of aromatic hydroxyl groups is 2. The molecule has 0 aromatic carbocycles. The molecule has 0 unspecified atom stereocenters. The molecule has 1 aromatic heterocycles. The zero-order valence-electron chi connectivity index (χ0n) is 11.5. The maximum atomic E-state index is 11.5. The Morgan fingerprint density at radius 3 is 2.16 bits per heavy atom. The van der Waals surface area contributed by atoms with E-state index in [-0.39, 0.29) is 11.8 Å². The van der Waals surface area contributed by atoms with E-state index in [1.165, 1.54) is 37.8 Å². The van der Waals surface area contributed by atoms with E-state index in [1.54, 1.807) is 0 Å². The Hall–Kier alpha value is -1.65. The largest absolute Gasteiger partial charge is 0.492 e. The highest BCUT2D eigenvalue weighted by Gasteiger charge is 2.11. The standard InChI is InChI=1S/C14H23NO4/c1-2-3-4-5-6-7-8-9-14(18)19-15-12(16)10-11-13(15)17/h10-11,16-17H,2-9H2,1H3. The third-order valence-electron chi connectivity index (χ3n) is 2.98. The van der Waals surface area contributed by atoms with Crippen molar-refractivity contribution in [1.82, 2.24) is 4.73 Å². The molecule has 0 spiro atoms. The summed E-state index contributed by atoms with van der Waals surface area (Å²) in [5.74, 6) is -1.02. The highest BCUT2D eigenvalue weighted by molar-refractivity contribution is 5.69. The summed E-state index contributed by atoms with van der Waals surface area (Å²) >= 11 is 0. The second kappa shape index (κ2) is 8.45. The van der Waals surface area contributed by atoms with E-state index in [4.69, 9.17) is 4.84 Å². The van der Waals surface area contributed by atoms with Gasteiger partial charge in [-0.2, -0.15) is 0 Å². The van der Waals surface area contributed by atoms with E-state index in [2.05, 4.69) is 6.92 Å². The molecule has 1 heterocycles. The minimum absolute atomic E-state index is 0.287. The van der Waals surface area contributed by atoms with Crippen LogP contribution in [0.4, 0.5) is 0 Å². The fourth-order valence-electron chi connectivity index (χ4n) is 1.87. The molecule has 0 radical (unpaired) electrons. The molecule has 0 atom stereocenters. The first-order valence-corrected chi connectivity index (χ1v) is 6.96. The minimum Gasteiger partial charge on any atom is -0.492 e. The molecule has 0 aliphatic carbocycles. The Morgan fingerprint density at radius 1 is 1.05 bits per heavy atom. The lowest BCUT2D eigenvalue weighted by molar-refractivity contribution is -0.145. The van der Waals surface area contributed by atoms with Crippen LogP contribution in [0.5, 0.6) is 11.8 Å². The lowest BCUT2D eigenvalue weighted by Crippen LogP contribution is -2.18. The van der Waals surface area contributed by atoms with Crippen molar-refractivity contribution in [2.45, 2.75) is 58.3 Å². The molecule has 5 nitrogen and oxygen atoms in total. The number of nitrogens with zero attached hydrogens (tertiary/aromatic N) is 1. The molecule has 5 heteroatoms. The molecule has 19 heavy (non-hydrogen) atoms. The Bertz CT molecular complexity index is 367. The lowest BCUT2D eigenvalue weighted by atomic mass is 10.1. The molecule has 0 saturated heterocycles. The first-order valence-electron chi connectivity index (χ1n) is 6.96. The van der Waals surface area contributed by atoms with Crippen molar-refractivity contribution in [2.24, 2.45) is 0 Å². The van der Waals surface area contributed by atoms with Crippen molar-refractivity contribution < 1.29 is 19.8 Å². The Labute approximate surface area is 113 Å². The van der Waals surface area contributed by atoms with Gasteiger partial charge in [-0.3, -0.25) is 0 Å². The van der Waals surface area contributed by atoms with Crippen molar-refractivity contribution in [3.63, 3.8) is 0 Å². The van der Waals surface area contributed by atoms with E-state index >= 15 is 0 Å². The van der Waals surface area contributed by atoms with Crippen molar-refractivity contribution in [1.29, 1.82) is 0 Å². The summed E-state index contributed by atoms with van der Waals surface area (Å²) in [5.41, 5.74) is 0. The number of unbranched alkanes of at least 4 members (excludes halogenated alkanes) is 6. The van der Waals surface area contributed by atoms with Crippen LogP contribution in [0.3, 0.4) is 0 Å². The third kappa shape index (κ3) is 5.68. The van der Waals surface area contributed by atoms with Gasteiger partial charge in [0, 0.05) is 18.6 Å². The molecule has 2 N–H and O–H groups in total. The number of aromatic nitrogens is 1. The molecule has 0 amide bonds. The van der Waals surface area contributed by atoms with Crippen molar-refractivity contribution in [3.8, 4) is 11.8 Å². The second-order valence-electron chi connectivity index (χ2n) is 4.68. The van der Waals surface area contributed by atoms with Crippen LogP contribution in [0.25, 0.3) is 0 Å². The van der Waals surface area contributed by atoms with Crippen LogP contribution in [-0.2, 0) is 4.79 Å². The van der Waals surface area contributed by atoms with Gasteiger partial charge in [0.25, 0.3) is 0 Å². The molecule has 1 rings (SSSR count). The van der Waals surface area contributed by atoms with Crippen LogP contribution in [0.2, 0.25) is 0 Å². The number of hydrogen-bond donors (Lipinski definition) is 2. The summed E-state index contributed by atoms with van der Waals surface area (Å²) < 4.78 is 0.726. The average Bonchev–Trinajstić information content (AvgIpc) is 2.69. The quantitative estimate of drug-likeness (QED) is 0.676. The van der Waals surface area contributed by atoms with Crippen molar-refractivity contribution in [2.75, 3.05) is 0 Å². The predicted molar refractivity (Wildman–Crippen MR) is 72.0 cm³/mol. The van der Waals surface area contributed by atoms with E-state index in [1.807, 2.05) is 0 Å². The summed E-state index contributed by atoms with van der Waals surface area (Å²) in [5, 5.41) is 18.6. The van der Waals surface area contributed by atoms with Gasteiger partial charge in [-0.1, -0.05) is 45.4 Å². The number of rotatable bonds is 9. The Morgan fingerprint density at radius 2 is 1.58 bits per heavy atom. The summed E-state index contributed by atoms with van der Waals surface area (Å²) in [4.78, 5) is 16.3. The highest BCUT2D eigenvalue weighted by Crippen LogP contribution is 2.19. The van der Waals surface area contributed by atoms with Gasteiger partial charge < -0.3 is 15.1 Å². The van der Waals surface area contributed by atoms with Gasteiger partial charge in [0.15, 0.2) is 0 Å². The van der Waals surface area contributed by atoms with E-state index in [0.29, 0.717) is 6.42 Å². The van der Waals surface area contributed by atoms with Crippen molar-refractivity contribution >= 4 is 5.97 Å². The molecule has 108 valence electrons. The molecular weight excluding hydrogens is 246 g/mol. The highest BCUT2D eigenvalue weighted by atomic mass is 16.7. The number of hydrogen-bond acceptors (Lipinski definition) is 4. The summed E-state index contributed by atoms with van der Waals surface area (Å²) in [7, 11) is 0. The van der Waals surface area contributed by atoms with Gasteiger partial charge in [0.1, 0.15) is 0 Å². The van der Waals surface area contributed by atoms with Crippen LogP contribution in [-0.4, -0.2) is 20.9 Å². The van der Waals surface area contributed by atoms with Gasteiger partial charge in [-0.15, -0.1) is 4.73 Å². The SMILES string of the molecule is CCCCCCCCCC(=O)On1c(O)ccc1O. The predicted octanol–water partition coefficient (Wildman–Crippen LogP) is 3.00. The average molecular weight is 269 g/mol. The summed E-state index contributed by atoms with van der Waals surface area (Å²) in [6.45, 7) is 2.18. The van der Waals surface area contributed by atoms with E-state index in [0.717, 1.165) is 24.0 Å². The van der Waals surface area contributed by atoms with E-state index in [9.17, 15) is 15.0 Å². The molecular formula is C14H23NO4. The molecule has 1 aromatic rings. The molecule has 0 fully saturated rings. The smallest absolute Gasteiger partial charge is 0.333 e. The van der Waals surface area contributed by atoms with Crippen LogP contribution in [0.15, 0.2) is 12.1 Å². The van der Waals surface area contributed by atoms with Gasteiger partial charge in [0.05, 0.1) is 0 Å². The fourth-order valence-corrected chi connectivity index (χ4v) is 1.87. The molecule has 0 saturated carbocycles. The normalized spacial score (nSPS) is 10.6. The van der Waals surface area contributed by atoms with Gasteiger partial charge in [0.2, 0.25) is 11.8 Å². The Balaban J connectivity index is 2.12. The van der Waals surface area contributed by atoms with Crippen LogP contribution >= 0.6 is 0 Å². The summed E-state index contributed by atoms with van der Waals surface area (Å²) in [6, 6.07) is 2.52. The zero-order valence-corrected chi connectivity index (χ0v) is 11.5. The second-order valence-corrected chi connectivity index (χ2v) is 4.68. The first-order chi connectivity index (χ1) is 9.15. The van der Waals surface area contributed by atoms with Crippen LogP contribution < -0.4 is 4.84 Å². The zero-order chi connectivity index (χ0) is 14.1. The molecule has 0 aliphatic rings. The summed E-state index contributed by atoms with van der Waals surface area (Å²) in [6.07, 6.45) is 8.17. The van der Waals surface area contributed by atoms with Gasteiger partial charge in [-0.05, 0) is 6.42 Å². The van der Waals surface area contributed by atoms with Gasteiger partial charge in [-0.25, -0.2) is 4.79 Å². The molecule has 0 bridgehead atoms. The van der Waals surface area contributed by atoms with Crippen molar-refractivity contribution in [3.05, 3.63) is 12.1 Å². The minimum atomic E-state index is -0.449. The van der Waals surface area contributed by atoms with Gasteiger partial charge >= 0.3 is 5.97 Å². The number of carbonyl (C=O) groups is 1. The number of carbonyl (C=O) groups excluding carboxylic acids is 1. The maximum absolute atomic E-state index is 11.5.